The first-order valence-corrected chi connectivity index (χ1v) is 10.8. The summed E-state index contributed by atoms with van der Waals surface area (Å²) in [6, 6.07) is 17.6. The first kappa shape index (κ1) is 21.3. The van der Waals surface area contributed by atoms with Crippen LogP contribution in [0.2, 0.25) is 0 Å². The van der Waals surface area contributed by atoms with Crippen molar-refractivity contribution in [2.75, 3.05) is 31.0 Å². The van der Waals surface area contributed by atoms with E-state index in [9.17, 15) is 9.59 Å². The molecule has 0 unspecified atom stereocenters. The third-order valence-electron chi connectivity index (χ3n) is 5.80. The van der Waals surface area contributed by atoms with E-state index < -0.39 is 0 Å². The number of aromatic amines is 1. The molecular formula is C25H23N5O4. The Hall–Kier alpha value is -4.53. The summed E-state index contributed by atoms with van der Waals surface area (Å²) in [7, 11) is 3.18. The second-order valence-electron chi connectivity index (χ2n) is 7.74. The number of urea groups is 1. The van der Waals surface area contributed by atoms with Gasteiger partial charge in [0.15, 0.2) is 0 Å². The lowest BCUT2D eigenvalue weighted by Crippen LogP contribution is -2.37. The van der Waals surface area contributed by atoms with Gasteiger partial charge in [-0.3, -0.25) is 14.8 Å². The predicted molar refractivity (Wildman–Crippen MR) is 129 cm³/mol. The van der Waals surface area contributed by atoms with Crippen LogP contribution in [-0.2, 0) is 6.42 Å². The fourth-order valence-electron chi connectivity index (χ4n) is 4.04. The minimum Gasteiger partial charge on any atom is -0.497 e. The zero-order chi connectivity index (χ0) is 23.7. The Kier molecular flexibility index (Phi) is 5.51. The summed E-state index contributed by atoms with van der Waals surface area (Å²) in [4.78, 5) is 32.5. The van der Waals surface area contributed by atoms with Crippen molar-refractivity contribution in [2.24, 2.45) is 0 Å². The lowest BCUT2D eigenvalue weighted by atomic mass is 10.1. The van der Waals surface area contributed by atoms with E-state index in [2.05, 4.69) is 15.4 Å². The number of nitrogens with zero attached hydrogens (tertiary/aromatic N) is 3. The monoisotopic (exact) mass is 457 g/mol. The van der Waals surface area contributed by atoms with E-state index in [-0.39, 0.29) is 11.6 Å². The zero-order valence-corrected chi connectivity index (χ0v) is 18.7. The van der Waals surface area contributed by atoms with Crippen molar-refractivity contribution < 1.29 is 14.3 Å². The molecule has 0 fully saturated rings. The average molecular weight is 457 g/mol. The van der Waals surface area contributed by atoms with Gasteiger partial charge < -0.3 is 14.8 Å². The third kappa shape index (κ3) is 3.77. The van der Waals surface area contributed by atoms with E-state index in [4.69, 9.17) is 9.47 Å². The topological polar surface area (TPSA) is 101 Å². The van der Waals surface area contributed by atoms with E-state index in [1.54, 1.807) is 67.8 Å². The normalized spacial score (nSPS) is 12.4. The molecule has 2 aromatic carbocycles. The van der Waals surface area contributed by atoms with Crippen LogP contribution in [0.25, 0.3) is 16.9 Å². The molecule has 0 bridgehead atoms. The number of pyridine rings is 1. The molecule has 9 heteroatoms. The van der Waals surface area contributed by atoms with E-state index >= 15 is 0 Å². The highest BCUT2D eigenvalue weighted by atomic mass is 16.5. The molecule has 1 aliphatic rings. The van der Waals surface area contributed by atoms with E-state index in [0.29, 0.717) is 58.5 Å². The number of hydrogen-bond donors (Lipinski definition) is 2. The molecule has 9 nitrogen and oxygen atoms in total. The summed E-state index contributed by atoms with van der Waals surface area (Å²) in [5.74, 6) is 1.89. The van der Waals surface area contributed by atoms with Gasteiger partial charge in [0.25, 0.3) is 5.56 Å². The number of benzene rings is 2. The largest absolute Gasteiger partial charge is 0.497 e. The Morgan fingerprint density at radius 2 is 1.68 bits per heavy atom. The van der Waals surface area contributed by atoms with Crippen molar-refractivity contribution in [3.8, 4) is 28.4 Å². The Bertz CT molecular complexity index is 1390. The van der Waals surface area contributed by atoms with Gasteiger partial charge >= 0.3 is 6.03 Å². The van der Waals surface area contributed by atoms with Crippen molar-refractivity contribution in [1.82, 2.24) is 14.8 Å². The number of ether oxygens (including phenoxy) is 2. The lowest BCUT2D eigenvalue weighted by Gasteiger charge is -2.22. The van der Waals surface area contributed by atoms with Crippen LogP contribution in [0.5, 0.6) is 11.5 Å². The van der Waals surface area contributed by atoms with E-state index in [1.807, 2.05) is 18.2 Å². The molecule has 3 heterocycles. The Morgan fingerprint density at radius 1 is 1.00 bits per heavy atom. The van der Waals surface area contributed by atoms with Gasteiger partial charge in [-0.2, -0.15) is 0 Å². The van der Waals surface area contributed by atoms with Crippen LogP contribution >= 0.6 is 0 Å². The van der Waals surface area contributed by atoms with Crippen molar-refractivity contribution in [3.63, 3.8) is 0 Å². The molecule has 1 aliphatic heterocycles. The number of amides is 2. The standard InChI is InChI=1S/C25H23N5O4/c1-33-18-9-5-16(6-10-18)27-25(32)29-15-13-21-22(20-4-3-14-26-23(20)29)28-30(24(21)31)17-7-11-19(34-2)12-8-17/h3-12,14,28H,13,15H2,1-2H3,(H,27,32). The molecule has 0 atom stereocenters. The van der Waals surface area contributed by atoms with E-state index in [1.165, 1.54) is 4.68 Å². The van der Waals surface area contributed by atoms with Crippen LogP contribution < -0.4 is 25.2 Å². The summed E-state index contributed by atoms with van der Waals surface area (Å²) in [5.41, 5.74) is 3.11. The Balaban J connectivity index is 1.50. The molecule has 2 aromatic heterocycles. The molecule has 2 amide bonds. The number of fused-ring (bicyclic) bond motifs is 3. The molecule has 0 saturated heterocycles. The summed E-state index contributed by atoms with van der Waals surface area (Å²) in [6.07, 6.45) is 2.01. The number of nitrogens with one attached hydrogen (secondary N) is 2. The van der Waals surface area contributed by atoms with Crippen molar-refractivity contribution in [3.05, 3.63) is 82.8 Å². The maximum Gasteiger partial charge on any atom is 0.327 e. The van der Waals surface area contributed by atoms with Crippen molar-refractivity contribution >= 4 is 17.5 Å². The number of hydrogen-bond acceptors (Lipinski definition) is 5. The van der Waals surface area contributed by atoms with Gasteiger partial charge in [-0.15, -0.1) is 0 Å². The quantitative estimate of drug-likeness (QED) is 0.485. The summed E-state index contributed by atoms with van der Waals surface area (Å²) < 4.78 is 11.9. The highest BCUT2D eigenvalue weighted by Gasteiger charge is 2.29. The van der Waals surface area contributed by atoms with Gasteiger partial charge in [0.05, 0.1) is 25.6 Å². The highest BCUT2D eigenvalue weighted by molar-refractivity contribution is 6.03. The molecule has 0 spiro atoms. The van der Waals surface area contributed by atoms with Gasteiger partial charge in [-0.05, 0) is 67.1 Å². The maximum atomic E-state index is 13.3. The van der Waals surface area contributed by atoms with Crippen LogP contribution in [0.4, 0.5) is 16.3 Å². The predicted octanol–water partition coefficient (Wildman–Crippen LogP) is 3.84. The van der Waals surface area contributed by atoms with Gasteiger partial charge in [0.1, 0.15) is 17.3 Å². The molecule has 2 N–H and O–H groups in total. The van der Waals surface area contributed by atoms with Gasteiger partial charge in [-0.25, -0.2) is 14.5 Å². The van der Waals surface area contributed by atoms with Gasteiger partial charge in [0, 0.05) is 29.6 Å². The van der Waals surface area contributed by atoms with Crippen LogP contribution in [-0.4, -0.2) is 41.6 Å². The first-order valence-electron chi connectivity index (χ1n) is 10.8. The second-order valence-corrected chi connectivity index (χ2v) is 7.74. The second kappa shape index (κ2) is 8.78. The molecule has 5 rings (SSSR count). The summed E-state index contributed by atoms with van der Waals surface area (Å²) in [5, 5.41) is 6.12. The van der Waals surface area contributed by atoms with Crippen LogP contribution in [0.3, 0.4) is 0 Å². The van der Waals surface area contributed by atoms with Gasteiger partial charge in [0.2, 0.25) is 0 Å². The molecule has 4 aromatic rings. The zero-order valence-electron chi connectivity index (χ0n) is 18.7. The Labute approximate surface area is 195 Å². The number of aromatic nitrogens is 3. The minimum atomic E-state index is -0.328. The fourth-order valence-corrected chi connectivity index (χ4v) is 4.04. The smallest absolute Gasteiger partial charge is 0.327 e. The maximum absolute atomic E-state index is 13.3. The highest BCUT2D eigenvalue weighted by Crippen LogP contribution is 2.33. The number of carbonyl (C=O) groups is 1. The Morgan fingerprint density at radius 3 is 2.35 bits per heavy atom. The van der Waals surface area contributed by atoms with Crippen LogP contribution in [0.15, 0.2) is 71.7 Å². The lowest BCUT2D eigenvalue weighted by molar-refractivity contribution is 0.257. The number of rotatable bonds is 4. The molecule has 0 saturated carbocycles. The minimum absolute atomic E-state index is 0.160. The first-order chi connectivity index (χ1) is 16.6. The van der Waals surface area contributed by atoms with Crippen molar-refractivity contribution in [2.45, 2.75) is 6.42 Å². The van der Waals surface area contributed by atoms with E-state index in [0.717, 1.165) is 0 Å². The third-order valence-corrected chi connectivity index (χ3v) is 5.80. The van der Waals surface area contributed by atoms with Gasteiger partial charge in [-0.1, -0.05) is 0 Å². The van der Waals surface area contributed by atoms with Crippen LogP contribution in [0, 0.1) is 0 Å². The molecular weight excluding hydrogens is 434 g/mol. The molecule has 172 valence electrons. The number of methoxy groups -OCH3 is 2. The molecule has 34 heavy (non-hydrogen) atoms. The average Bonchev–Trinajstić information content (AvgIpc) is 3.11. The molecule has 0 aliphatic carbocycles. The number of H-pyrrole nitrogens is 1. The number of anilines is 2. The SMILES string of the molecule is COc1ccc(NC(=O)N2CCc3c([nH]n(-c4ccc(OC)cc4)c3=O)-c3cccnc32)cc1. The van der Waals surface area contributed by atoms with Crippen molar-refractivity contribution in [1.29, 1.82) is 0 Å². The fraction of sp³-hybridized carbons (Fsp3) is 0.160. The number of carbonyl (C=O) groups excluding carboxylic acids is 1. The summed E-state index contributed by atoms with van der Waals surface area (Å²) in [6.45, 7) is 0.300. The van der Waals surface area contributed by atoms with Crippen LogP contribution in [0.1, 0.15) is 5.56 Å². The summed E-state index contributed by atoms with van der Waals surface area (Å²) >= 11 is 0. The molecule has 0 radical (unpaired) electrons.